The Kier molecular flexibility index (Phi) is 4.54. The minimum absolute atomic E-state index is 0.610. The third-order valence-electron chi connectivity index (χ3n) is 4.56. The molecule has 0 aromatic heterocycles. The van der Waals surface area contributed by atoms with Crippen LogP contribution in [-0.2, 0) is 6.54 Å². The van der Waals surface area contributed by atoms with Crippen molar-refractivity contribution in [3.05, 3.63) is 48.0 Å². The van der Waals surface area contributed by atoms with Crippen molar-refractivity contribution in [2.45, 2.75) is 12.6 Å². The average Bonchev–Trinajstić information content (AvgIpc) is 2.51. The third kappa shape index (κ3) is 3.43. The number of nitrogens with zero attached hydrogens (tertiary/aromatic N) is 2. The Hall–Kier alpha value is -1.42. The highest BCUT2D eigenvalue weighted by molar-refractivity contribution is 5.85. The quantitative estimate of drug-likeness (QED) is 0.928. The van der Waals surface area contributed by atoms with Gasteiger partial charge in [-0.1, -0.05) is 42.5 Å². The molecule has 0 spiro atoms. The second kappa shape index (κ2) is 6.56. The number of fused-ring (bicyclic) bond motifs is 1. The predicted molar refractivity (Wildman–Crippen MR) is 89.6 cm³/mol. The minimum Gasteiger partial charge on any atom is -0.311 e. The van der Waals surface area contributed by atoms with Crippen LogP contribution in [0, 0.1) is 0 Å². The topological polar surface area (TPSA) is 18.5 Å². The molecule has 1 heterocycles. The van der Waals surface area contributed by atoms with E-state index in [1.807, 2.05) is 0 Å². The van der Waals surface area contributed by atoms with Crippen LogP contribution in [0.4, 0.5) is 0 Å². The van der Waals surface area contributed by atoms with Crippen molar-refractivity contribution >= 4 is 10.8 Å². The van der Waals surface area contributed by atoms with Gasteiger partial charge >= 0.3 is 0 Å². The monoisotopic (exact) mass is 283 g/mol. The van der Waals surface area contributed by atoms with Crippen molar-refractivity contribution in [2.75, 3.05) is 40.3 Å². The number of hydrogen-bond acceptors (Lipinski definition) is 3. The predicted octanol–water partition coefficient (Wildman–Crippen LogP) is 2.18. The summed E-state index contributed by atoms with van der Waals surface area (Å²) < 4.78 is 0. The van der Waals surface area contributed by atoms with Gasteiger partial charge in [-0.3, -0.25) is 4.90 Å². The lowest BCUT2D eigenvalue weighted by atomic mass is 10.0. The highest BCUT2D eigenvalue weighted by Crippen LogP contribution is 2.18. The molecule has 2 aromatic carbocycles. The number of benzene rings is 2. The van der Waals surface area contributed by atoms with E-state index in [1.54, 1.807) is 0 Å². The van der Waals surface area contributed by atoms with Gasteiger partial charge in [0.25, 0.3) is 0 Å². The Morgan fingerprint density at radius 2 is 1.86 bits per heavy atom. The van der Waals surface area contributed by atoms with E-state index in [0.717, 1.165) is 26.2 Å². The number of rotatable bonds is 4. The summed E-state index contributed by atoms with van der Waals surface area (Å²) >= 11 is 0. The van der Waals surface area contributed by atoms with E-state index >= 15 is 0 Å². The van der Waals surface area contributed by atoms with Crippen molar-refractivity contribution in [3.8, 4) is 0 Å². The fourth-order valence-corrected chi connectivity index (χ4v) is 3.14. The zero-order chi connectivity index (χ0) is 14.7. The van der Waals surface area contributed by atoms with Gasteiger partial charge in [0.05, 0.1) is 0 Å². The summed E-state index contributed by atoms with van der Waals surface area (Å²) in [5.41, 5.74) is 1.39. The van der Waals surface area contributed by atoms with Crippen LogP contribution in [-0.4, -0.2) is 56.1 Å². The molecule has 1 aliphatic rings. The standard InChI is InChI=1S/C18H25N3/c1-20-10-11-21(2)17(14-20)13-19-12-16-8-5-7-15-6-3-4-9-18(15)16/h3-9,17,19H,10-14H2,1-2H3. The van der Waals surface area contributed by atoms with Crippen LogP contribution >= 0.6 is 0 Å². The molecule has 21 heavy (non-hydrogen) atoms. The summed E-state index contributed by atoms with van der Waals surface area (Å²) in [6, 6.07) is 15.8. The van der Waals surface area contributed by atoms with E-state index in [2.05, 4.69) is 71.7 Å². The van der Waals surface area contributed by atoms with Gasteiger partial charge in [-0.2, -0.15) is 0 Å². The first-order chi connectivity index (χ1) is 10.2. The largest absolute Gasteiger partial charge is 0.311 e. The first-order valence-corrected chi connectivity index (χ1v) is 7.80. The zero-order valence-corrected chi connectivity index (χ0v) is 13.0. The zero-order valence-electron chi connectivity index (χ0n) is 13.0. The fraction of sp³-hybridized carbons (Fsp3) is 0.444. The summed E-state index contributed by atoms with van der Waals surface area (Å²) in [6.07, 6.45) is 0. The molecule has 1 atom stereocenters. The Balaban J connectivity index is 1.62. The molecule has 1 saturated heterocycles. The average molecular weight is 283 g/mol. The summed E-state index contributed by atoms with van der Waals surface area (Å²) in [4.78, 5) is 4.89. The van der Waals surface area contributed by atoms with E-state index in [1.165, 1.54) is 22.9 Å². The maximum Gasteiger partial charge on any atom is 0.0345 e. The van der Waals surface area contributed by atoms with Crippen molar-refractivity contribution in [1.82, 2.24) is 15.1 Å². The second-order valence-electron chi connectivity index (χ2n) is 6.17. The molecule has 0 aliphatic carbocycles. The van der Waals surface area contributed by atoms with E-state index in [4.69, 9.17) is 0 Å². The maximum atomic E-state index is 3.65. The third-order valence-corrected chi connectivity index (χ3v) is 4.56. The SMILES string of the molecule is CN1CCN(C)C(CNCc2cccc3ccccc23)C1. The molecule has 0 radical (unpaired) electrons. The lowest BCUT2D eigenvalue weighted by molar-refractivity contribution is 0.113. The molecule has 1 fully saturated rings. The van der Waals surface area contributed by atoms with E-state index in [0.29, 0.717) is 6.04 Å². The molecular weight excluding hydrogens is 258 g/mol. The number of likely N-dealkylation sites (N-methyl/N-ethyl adjacent to an activating group) is 2. The van der Waals surface area contributed by atoms with Gasteiger partial charge in [0.2, 0.25) is 0 Å². The van der Waals surface area contributed by atoms with Crippen molar-refractivity contribution in [1.29, 1.82) is 0 Å². The molecule has 3 nitrogen and oxygen atoms in total. The minimum atomic E-state index is 0.610. The molecular formula is C18H25N3. The smallest absolute Gasteiger partial charge is 0.0345 e. The van der Waals surface area contributed by atoms with Gasteiger partial charge in [-0.05, 0) is 30.4 Å². The Bertz CT molecular complexity index is 591. The highest BCUT2D eigenvalue weighted by Gasteiger charge is 2.21. The van der Waals surface area contributed by atoms with E-state index in [-0.39, 0.29) is 0 Å². The van der Waals surface area contributed by atoms with Crippen LogP contribution in [0.3, 0.4) is 0 Å². The van der Waals surface area contributed by atoms with Crippen LogP contribution in [0.15, 0.2) is 42.5 Å². The highest BCUT2D eigenvalue weighted by atomic mass is 15.3. The molecule has 0 saturated carbocycles. The van der Waals surface area contributed by atoms with E-state index < -0.39 is 0 Å². The molecule has 1 N–H and O–H groups in total. The normalized spacial score (nSPS) is 21.0. The molecule has 0 bridgehead atoms. The van der Waals surface area contributed by atoms with Gasteiger partial charge in [0, 0.05) is 38.8 Å². The van der Waals surface area contributed by atoms with Crippen molar-refractivity contribution in [2.24, 2.45) is 0 Å². The molecule has 1 aliphatic heterocycles. The first kappa shape index (κ1) is 14.5. The lowest BCUT2D eigenvalue weighted by Crippen LogP contribution is -2.53. The van der Waals surface area contributed by atoms with Crippen LogP contribution in [0.1, 0.15) is 5.56 Å². The fourth-order valence-electron chi connectivity index (χ4n) is 3.14. The van der Waals surface area contributed by atoms with Crippen LogP contribution in [0.5, 0.6) is 0 Å². The van der Waals surface area contributed by atoms with Gasteiger partial charge in [-0.25, -0.2) is 0 Å². The number of nitrogens with one attached hydrogen (secondary N) is 1. The second-order valence-corrected chi connectivity index (χ2v) is 6.17. The lowest BCUT2D eigenvalue weighted by Gasteiger charge is -2.37. The van der Waals surface area contributed by atoms with Crippen molar-refractivity contribution < 1.29 is 0 Å². The van der Waals surface area contributed by atoms with Crippen molar-refractivity contribution in [3.63, 3.8) is 0 Å². The first-order valence-electron chi connectivity index (χ1n) is 7.80. The molecule has 112 valence electrons. The summed E-state index contributed by atoms with van der Waals surface area (Å²) in [7, 11) is 4.45. The Morgan fingerprint density at radius 3 is 2.76 bits per heavy atom. The molecule has 2 aromatic rings. The van der Waals surface area contributed by atoms with Gasteiger partial charge in [-0.15, -0.1) is 0 Å². The summed E-state index contributed by atoms with van der Waals surface area (Å²) in [5.74, 6) is 0. The molecule has 3 heteroatoms. The number of hydrogen-bond donors (Lipinski definition) is 1. The Labute approximate surface area is 127 Å². The Morgan fingerprint density at radius 1 is 1.05 bits per heavy atom. The van der Waals surface area contributed by atoms with Crippen LogP contribution in [0.2, 0.25) is 0 Å². The molecule has 1 unspecified atom stereocenters. The van der Waals surface area contributed by atoms with Gasteiger partial charge in [0.1, 0.15) is 0 Å². The van der Waals surface area contributed by atoms with Gasteiger partial charge < -0.3 is 10.2 Å². The number of piperazine rings is 1. The molecule has 3 rings (SSSR count). The van der Waals surface area contributed by atoms with Crippen LogP contribution in [0.25, 0.3) is 10.8 Å². The van der Waals surface area contributed by atoms with Gasteiger partial charge in [0.15, 0.2) is 0 Å². The molecule has 0 amide bonds. The summed E-state index contributed by atoms with van der Waals surface area (Å²) in [5, 5.41) is 6.33. The maximum absolute atomic E-state index is 3.65. The summed E-state index contributed by atoms with van der Waals surface area (Å²) in [6.45, 7) is 5.48. The van der Waals surface area contributed by atoms with Crippen LogP contribution < -0.4 is 5.32 Å². The van der Waals surface area contributed by atoms with E-state index in [9.17, 15) is 0 Å².